The Hall–Kier alpha value is -1.95. The number of aryl methyl sites for hydroxylation is 3. The smallest absolute Gasteiger partial charge is 0.148 e. The maximum atomic E-state index is 4.54. The van der Waals surface area contributed by atoms with E-state index in [9.17, 15) is 0 Å². The number of rotatable bonds is 3. The average Bonchev–Trinajstić information content (AvgIpc) is 2.95. The zero-order chi connectivity index (χ0) is 14.3. The van der Waals surface area contributed by atoms with Gasteiger partial charge in [0.1, 0.15) is 11.6 Å². The molecule has 5 nitrogen and oxygen atoms in total. The zero-order valence-corrected chi connectivity index (χ0v) is 12.8. The first-order valence-corrected chi connectivity index (χ1v) is 7.41. The van der Waals surface area contributed by atoms with Gasteiger partial charge in [-0.05, 0) is 32.2 Å². The third kappa shape index (κ3) is 2.27. The first kappa shape index (κ1) is 13.1. The Balaban J connectivity index is 1.96. The Morgan fingerprint density at radius 2 is 2.10 bits per heavy atom. The predicted molar refractivity (Wildman–Crippen MR) is 82.1 cm³/mol. The van der Waals surface area contributed by atoms with Crippen molar-refractivity contribution in [2.45, 2.75) is 26.8 Å². The molecule has 0 bridgehead atoms. The molecule has 3 heterocycles. The minimum absolute atomic E-state index is 0.156. The van der Waals surface area contributed by atoms with E-state index in [4.69, 9.17) is 0 Å². The summed E-state index contributed by atoms with van der Waals surface area (Å²) < 4.78 is 2.94. The van der Waals surface area contributed by atoms with Gasteiger partial charge in [-0.15, -0.1) is 11.3 Å². The normalized spacial score (nSPS) is 12.8. The Labute approximate surface area is 121 Å². The molecule has 1 N–H and O–H groups in total. The summed E-state index contributed by atoms with van der Waals surface area (Å²) in [5, 5.41) is 9.92. The summed E-state index contributed by atoms with van der Waals surface area (Å²) in [5.41, 5.74) is 3.23. The summed E-state index contributed by atoms with van der Waals surface area (Å²) in [6, 6.07) is 2.18. The van der Waals surface area contributed by atoms with Crippen molar-refractivity contribution in [2.75, 3.05) is 5.32 Å². The van der Waals surface area contributed by atoms with Crippen LogP contribution in [0.25, 0.3) is 10.2 Å². The summed E-state index contributed by atoms with van der Waals surface area (Å²) in [6.45, 7) is 6.07. The van der Waals surface area contributed by atoms with Crippen molar-refractivity contribution in [2.24, 2.45) is 7.05 Å². The van der Waals surface area contributed by atoms with Crippen molar-refractivity contribution in [3.8, 4) is 0 Å². The van der Waals surface area contributed by atoms with E-state index in [1.54, 1.807) is 11.3 Å². The molecule has 0 aliphatic rings. The van der Waals surface area contributed by atoms with Crippen LogP contribution >= 0.6 is 11.3 Å². The van der Waals surface area contributed by atoms with Gasteiger partial charge in [-0.2, -0.15) is 5.10 Å². The van der Waals surface area contributed by atoms with E-state index in [-0.39, 0.29) is 6.04 Å². The van der Waals surface area contributed by atoms with Crippen LogP contribution in [-0.2, 0) is 7.05 Å². The van der Waals surface area contributed by atoms with Crippen molar-refractivity contribution < 1.29 is 0 Å². The second kappa shape index (κ2) is 4.86. The van der Waals surface area contributed by atoms with E-state index in [0.717, 1.165) is 27.6 Å². The van der Waals surface area contributed by atoms with Crippen LogP contribution in [0.3, 0.4) is 0 Å². The van der Waals surface area contributed by atoms with Crippen molar-refractivity contribution in [3.05, 3.63) is 34.7 Å². The monoisotopic (exact) mass is 287 g/mol. The van der Waals surface area contributed by atoms with Gasteiger partial charge in [-0.3, -0.25) is 4.68 Å². The van der Waals surface area contributed by atoms with Crippen molar-refractivity contribution in [1.82, 2.24) is 19.7 Å². The zero-order valence-electron chi connectivity index (χ0n) is 12.0. The average molecular weight is 287 g/mol. The predicted octanol–water partition coefficient (Wildman–Crippen LogP) is 3.21. The highest BCUT2D eigenvalue weighted by atomic mass is 32.1. The number of fused-ring (bicyclic) bond motifs is 1. The molecule has 20 heavy (non-hydrogen) atoms. The molecule has 0 amide bonds. The Bertz CT molecular complexity index is 758. The minimum atomic E-state index is 0.156. The summed E-state index contributed by atoms with van der Waals surface area (Å²) in [5.74, 6) is 1.69. The van der Waals surface area contributed by atoms with Gasteiger partial charge in [0.05, 0.1) is 22.0 Å². The summed E-state index contributed by atoms with van der Waals surface area (Å²) in [7, 11) is 1.94. The van der Waals surface area contributed by atoms with E-state index < -0.39 is 0 Å². The van der Waals surface area contributed by atoms with Gasteiger partial charge in [0.25, 0.3) is 0 Å². The lowest BCUT2D eigenvalue weighted by molar-refractivity contribution is 0.756. The highest BCUT2D eigenvalue weighted by Crippen LogP contribution is 2.29. The van der Waals surface area contributed by atoms with E-state index in [0.29, 0.717) is 0 Å². The van der Waals surface area contributed by atoms with Crippen molar-refractivity contribution >= 4 is 27.4 Å². The third-order valence-electron chi connectivity index (χ3n) is 3.29. The lowest BCUT2D eigenvalue weighted by Gasteiger charge is -2.14. The van der Waals surface area contributed by atoms with E-state index in [1.165, 1.54) is 5.56 Å². The largest absolute Gasteiger partial charge is 0.362 e. The summed E-state index contributed by atoms with van der Waals surface area (Å²) >= 11 is 1.66. The number of nitrogens with one attached hydrogen (secondary N) is 1. The number of aromatic nitrogens is 4. The first-order chi connectivity index (χ1) is 9.54. The Morgan fingerprint density at radius 1 is 1.30 bits per heavy atom. The molecule has 0 unspecified atom stereocenters. The van der Waals surface area contributed by atoms with E-state index >= 15 is 0 Å². The molecule has 0 spiro atoms. The maximum Gasteiger partial charge on any atom is 0.148 e. The highest BCUT2D eigenvalue weighted by Gasteiger charge is 2.14. The molecule has 3 aromatic heterocycles. The number of nitrogens with zero attached hydrogens (tertiary/aromatic N) is 4. The standard InChI is InChI=1S/C14H17N5S/c1-8(11-7-19(4)18-9(11)2)15-14-13-12(5-6-20-13)16-10(3)17-14/h5-8H,1-4H3,(H,15,16,17)/t8-/m1/s1. The first-order valence-electron chi connectivity index (χ1n) is 6.53. The molecular weight excluding hydrogens is 270 g/mol. The molecule has 3 rings (SSSR count). The van der Waals surface area contributed by atoms with Crippen LogP contribution in [0.15, 0.2) is 17.6 Å². The molecule has 104 valence electrons. The number of hydrogen-bond donors (Lipinski definition) is 1. The minimum Gasteiger partial charge on any atom is -0.362 e. The van der Waals surface area contributed by atoms with Gasteiger partial charge in [0.15, 0.2) is 0 Å². The van der Waals surface area contributed by atoms with Gasteiger partial charge in [-0.1, -0.05) is 0 Å². The van der Waals surface area contributed by atoms with Gasteiger partial charge < -0.3 is 5.32 Å². The number of hydrogen-bond acceptors (Lipinski definition) is 5. The molecule has 0 aliphatic carbocycles. The molecule has 0 aliphatic heterocycles. The van der Waals surface area contributed by atoms with Crippen molar-refractivity contribution in [1.29, 1.82) is 0 Å². The van der Waals surface area contributed by atoms with Crippen LogP contribution in [-0.4, -0.2) is 19.7 Å². The lowest BCUT2D eigenvalue weighted by Crippen LogP contribution is -2.09. The van der Waals surface area contributed by atoms with E-state index in [2.05, 4.69) is 27.3 Å². The third-order valence-corrected chi connectivity index (χ3v) is 4.20. The highest BCUT2D eigenvalue weighted by molar-refractivity contribution is 7.17. The summed E-state index contributed by atoms with van der Waals surface area (Å²) in [6.07, 6.45) is 2.05. The van der Waals surface area contributed by atoms with E-state index in [1.807, 2.05) is 43.2 Å². The lowest BCUT2D eigenvalue weighted by atomic mass is 10.1. The molecule has 3 aromatic rings. The van der Waals surface area contributed by atoms with Crippen LogP contribution in [0.1, 0.15) is 30.0 Å². The fourth-order valence-corrected chi connectivity index (χ4v) is 3.19. The molecule has 1 atom stereocenters. The molecule has 6 heteroatoms. The van der Waals surface area contributed by atoms with Gasteiger partial charge >= 0.3 is 0 Å². The molecular formula is C14H17N5S. The number of anilines is 1. The Kier molecular flexibility index (Phi) is 3.17. The number of thiophene rings is 1. The summed E-state index contributed by atoms with van der Waals surface area (Å²) in [4.78, 5) is 8.98. The maximum absolute atomic E-state index is 4.54. The molecule has 0 aromatic carbocycles. The van der Waals surface area contributed by atoms with Crippen LogP contribution in [0, 0.1) is 13.8 Å². The second-order valence-electron chi connectivity index (χ2n) is 4.96. The SMILES string of the molecule is Cc1nc(N[C@H](C)c2cn(C)nc2C)c2sccc2n1. The molecule has 0 fully saturated rings. The van der Waals surface area contributed by atoms with Gasteiger partial charge in [-0.25, -0.2) is 9.97 Å². The second-order valence-corrected chi connectivity index (χ2v) is 5.88. The fourth-order valence-electron chi connectivity index (χ4n) is 2.40. The van der Waals surface area contributed by atoms with Crippen LogP contribution in [0.5, 0.6) is 0 Å². The topological polar surface area (TPSA) is 55.6 Å². The van der Waals surface area contributed by atoms with Gasteiger partial charge in [0, 0.05) is 18.8 Å². The molecule has 0 saturated carbocycles. The molecule has 0 saturated heterocycles. The Morgan fingerprint density at radius 3 is 2.80 bits per heavy atom. The van der Waals surface area contributed by atoms with Crippen molar-refractivity contribution in [3.63, 3.8) is 0 Å². The fraction of sp³-hybridized carbons (Fsp3) is 0.357. The van der Waals surface area contributed by atoms with Crippen LogP contribution in [0.2, 0.25) is 0 Å². The molecule has 0 radical (unpaired) electrons. The van der Waals surface area contributed by atoms with Crippen LogP contribution in [0.4, 0.5) is 5.82 Å². The van der Waals surface area contributed by atoms with Crippen LogP contribution < -0.4 is 5.32 Å². The van der Waals surface area contributed by atoms with Gasteiger partial charge in [0.2, 0.25) is 0 Å². The quantitative estimate of drug-likeness (QED) is 0.803.